The van der Waals surface area contributed by atoms with Crippen LogP contribution < -0.4 is 10.6 Å². The lowest BCUT2D eigenvalue weighted by molar-refractivity contribution is -0.120. The minimum absolute atomic E-state index is 0.113. The van der Waals surface area contributed by atoms with E-state index >= 15 is 0 Å². The molecule has 1 aliphatic carbocycles. The fourth-order valence-electron chi connectivity index (χ4n) is 2.57. The maximum Gasteiger partial charge on any atom is 0.221 e. The Bertz CT molecular complexity index is 221. The Labute approximate surface area is 104 Å². The Morgan fingerprint density at radius 1 is 1.29 bits per heavy atom. The molecule has 100 valence electrons. The minimum atomic E-state index is 0.113. The van der Waals surface area contributed by atoms with Crippen molar-refractivity contribution >= 4 is 5.91 Å². The molecule has 2 atom stereocenters. The van der Waals surface area contributed by atoms with Crippen LogP contribution in [0.1, 0.15) is 39.0 Å². The third-order valence-corrected chi connectivity index (χ3v) is 3.61. The van der Waals surface area contributed by atoms with Crippen LogP contribution in [0.2, 0.25) is 0 Å². The second-order valence-electron chi connectivity index (χ2n) is 4.89. The third-order valence-electron chi connectivity index (χ3n) is 3.61. The van der Waals surface area contributed by atoms with Gasteiger partial charge in [0.2, 0.25) is 5.91 Å². The zero-order valence-corrected chi connectivity index (χ0v) is 10.9. The minimum Gasteiger partial charge on any atom is -0.396 e. The largest absolute Gasteiger partial charge is 0.396 e. The van der Waals surface area contributed by atoms with Gasteiger partial charge < -0.3 is 15.7 Å². The van der Waals surface area contributed by atoms with Crippen molar-refractivity contribution in [2.75, 3.05) is 26.2 Å². The van der Waals surface area contributed by atoms with Crippen molar-refractivity contribution in [1.82, 2.24) is 10.6 Å². The highest BCUT2D eigenvalue weighted by atomic mass is 16.3. The monoisotopic (exact) mass is 242 g/mol. The summed E-state index contributed by atoms with van der Waals surface area (Å²) in [5, 5.41) is 15.4. The van der Waals surface area contributed by atoms with Crippen molar-refractivity contribution in [3.05, 3.63) is 0 Å². The van der Waals surface area contributed by atoms with Crippen molar-refractivity contribution in [3.63, 3.8) is 0 Å². The molecule has 0 aliphatic heterocycles. The molecule has 1 saturated carbocycles. The van der Waals surface area contributed by atoms with E-state index in [1.165, 1.54) is 19.3 Å². The third kappa shape index (κ3) is 5.50. The number of aliphatic hydroxyl groups excluding tert-OH is 1. The first-order chi connectivity index (χ1) is 8.27. The van der Waals surface area contributed by atoms with Crippen molar-refractivity contribution in [3.8, 4) is 0 Å². The molecule has 17 heavy (non-hydrogen) atoms. The number of carbonyl (C=O) groups excluding carboxylic acids is 1. The van der Waals surface area contributed by atoms with E-state index in [9.17, 15) is 9.90 Å². The molecular weight excluding hydrogens is 216 g/mol. The van der Waals surface area contributed by atoms with Gasteiger partial charge in [-0.05, 0) is 38.1 Å². The predicted octanol–water partition coefficient (Wildman–Crippen LogP) is 0.901. The Morgan fingerprint density at radius 3 is 2.65 bits per heavy atom. The lowest BCUT2D eigenvalue weighted by atomic mass is 9.79. The van der Waals surface area contributed by atoms with E-state index in [0.717, 1.165) is 19.5 Å². The Hall–Kier alpha value is -0.610. The molecular formula is C13H26N2O2. The van der Waals surface area contributed by atoms with Crippen molar-refractivity contribution in [1.29, 1.82) is 0 Å². The van der Waals surface area contributed by atoms with Gasteiger partial charge in [-0.1, -0.05) is 12.8 Å². The van der Waals surface area contributed by atoms with Gasteiger partial charge in [-0.3, -0.25) is 4.79 Å². The maximum atomic E-state index is 11.2. The van der Waals surface area contributed by atoms with Crippen LogP contribution in [0.5, 0.6) is 0 Å². The average Bonchev–Trinajstić information content (AvgIpc) is 2.35. The number of hydrogen-bond acceptors (Lipinski definition) is 3. The highest BCUT2D eigenvalue weighted by Gasteiger charge is 2.23. The summed E-state index contributed by atoms with van der Waals surface area (Å²) in [6.45, 7) is 4.61. The fraction of sp³-hybridized carbons (Fsp3) is 0.923. The molecule has 1 fully saturated rings. The van der Waals surface area contributed by atoms with Crippen molar-refractivity contribution in [2.45, 2.75) is 39.0 Å². The second-order valence-corrected chi connectivity index (χ2v) is 4.89. The predicted molar refractivity (Wildman–Crippen MR) is 68.7 cm³/mol. The highest BCUT2D eigenvalue weighted by molar-refractivity contribution is 5.75. The molecule has 0 aromatic carbocycles. The molecule has 1 amide bonds. The smallest absolute Gasteiger partial charge is 0.221 e. The first-order valence-electron chi connectivity index (χ1n) is 6.86. The molecule has 0 saturated heterocycles. The number of rotatable bonds is 7. The molecule has 3 N–H and O–H groups in total. The van der Waals surface area contributed by atoms with Crippen LogP contribution in [0.3, 0.4) is 0 Å². The molecule has 0 aromatic heterocycles. The average molecular weight is 242 g/mol. The van der Waals surface area contributed by atoms with Crippen LogP contribution >= 0.6 is 0 Å². The van der Waals surface area contributed by atoms with Crippen LogP contribution in [0.4, 0.5) is 0 Å². The normalized spacial score (nSPS) is 24.6. The summed E-state index contributed by atoms with van der Waals surface area (Å²) in [7, 11) is 0. The number of carbonyl (C=O) groups is 1. The summed E-state index contributed by atoms with van der Waals surface area (Å²) in [5.41, 5.74) is 0. The van der Waals surface area contributed by atoms with Crippen LogP contribution in [0.15, 0.2) is 0 Å². The van der Waals surface area contributed by atoms with Gasteiger partial charge in [0.15, 0.2) is 0 Å². The Kier molecular flexibility index (Phi) is 7.21. The molecule has 0 aromatic rings. The number of amides is 1. The molecule has 4 heteroatoms. The van der Waals surface area contributed by atoms with E-state index in [0.29, 0.717) is 31.4 Å². The van der Waals surface area contributed by atoms with E-state index in [-0.39, 0.29) is 5.91 Å². The summed E-state index contributed by atoms with van der Waals surface area (Å²) in [5.74, 6) is 1.16. The maximum absolute atomic E-state index is 11.2. The molecule has 4 nitrogen and oxygen atoms in total. The molecule has 0 spiro atoms. The van der Waals surface area contributed by atoms with E-state index in [2.05, 4.69) is 10.6 Å². The van der Waals surface area contributed by atoms with Gasteiger partial charge in [-0.25, -0.2) is 0 Å². The zero-order chi connectivity index (χ0) is 12.5. The standard InChI is InChI=1S/C13H26N2O2/c1-2-15-13(17)7-8-14-9-11-5-3-4-6-12(11)10-16/h11-12,14,16H,2-10H2,1H3,(H,15,17). The topological polar surface area (TPSA) is 61.4 Å². The summed E-state index contributed by atoms with van der Waals surface area (Å²) < 4.78 is 0. The van der Waals surface area contributed by atoms with Crippen LogP contribution in [0, 0.1) is 11.8 Å². The number of hydrogen-bond donors (Lipinski definition) is 3. The Morgan fingerprint density at radius 2 is 2.00 bits per heavy atom. The quantitative estimate of drug-likeness (QED) is 0.581. The highest BCUT2D eigenvalue weighted by Crippen LogP contribution is 2.28. The summed E-state index contributed by atoms with van der Waals surface area (Å²) in [4.78, 5) is 11.2. The van der Waals surface area contributed by atoms with Crippen LogP contribution in [0.25, 0.3) is 0 Å². The van der Waals surface area contributed by atoms with Gasteiger partial charge in [0.1, 0.15) is 0 Å². The molecule has 1 aliphatic rings. The van der Waals surface area contributed by atoms with Crippen LogP contribution in [-0.2, 0) is 4.79 Å². The lowest BCUT2D eigenvalue weighted by Gasteiger charge is -2.30. The summed E-state index contributed by atoms with van der Waals surface area (Å²) in [6, 6.07) is 0. The van der Waals surface area contributed by atoms with E-state index < -0.39 is 0 Å². The van der Waals surface area contributed by atoms with Gasteiger partial charge in [0.05, 0.1) is 0 Å². The van der Waals surface area contributed by atoms with E-state index in [1.807, 2.05) is 6.92 Å². The first kappa shape index (κ1) is 14.5. The summed E-state index contributed by atoms with van der Waals surface area (Å²) in [6.07, 6.45) is 5.43. The van der Waals surface area contributed by atoms with Crippen molar-refractivity contribution in [2.24, 2.45) is 11.8 Å². The van der Waals surface area contributed by atoms with Gasteiger partial charge in [-0.2, -0.15) is 0 Å². The van der Waals surface area contributed by atoms with Gasteiger partial charge in [-0.15, -0.1) is 0 Å². The molecule has 0 bridgehead atoms. The summed E-state index contributed by atoms with van der Waals surface area (Å²) >= 11 is 0. The SMILES string of the molecule is CCNC(=O)CCNCC1CCCCC1CO. The first-order valence-corrected chi connectivity index (χ1v) is 6.86. The van der Waals surface area contributed by atoms with Gasteiger partial charge in [0, 0.05) is 26.1 Å². The Balaban J connectivity index is 2.10. The fourth-order valence-corrected chi connectivity index (χ4v) is 2.57. The molecule has 1 rings (SSSR count). The van der Waals surface area contributed by atoms with Gasteiger partial charge >= 0.3 is 0 Å². The van der Waals surface area contributed by atoms with Crippen molar-refractivity contribution < 1.29 is 9.90 Å². The zero-order valence-electron chi connectivity index (χ0n) is 10.9. The second kappa shape index (κ2) is 8.48. The molecule has 0 heterocycles. The van der Waals surface area contributed by atoms with Crippen LogP contribution in [-0.4, -0.2) is 37.3 Å². The molecule has 0 radical (unpaired) electrons. The van der Waals surface area contributed by atoms with E-state index in [1.54, 1.807) is 0 Å². The number of nitrogens with one attached hydrogen (secondary N) is 2. The number of aliphatic hydroxyl groups is 1. The van der Waals surface area contributed by atoms with E-state index in [4.69, 9.17) is 0 Å². The van der Waals surface area contributed by atoms with Gasteiger partial charge in [0.25, 0.3) is 0 Å². The molecule has 2 unspecified atom stereocenters. The lowest BCUT2D eigenvalue weighted by Crippen LogP contribution is -2.34.